The lowest BCUT2D eigenvalue weighted by Gasteiger charge is -2.31. The van der Waals surface area contributed by atoms with Gasteiger partial charge in [0.25, 0.3) is 0 Å². The molecule has 0 saturated carbocycles. The summed E-state index contributed by atoms with van der Waals surface area (Å²) in [6.07, 6.45) is 2.45. The van der Waals surface area contributed by atoms with E-state index < -0.39 is 0 Å². The van der Waals surface area contributed by atoms with Gasteiger partial charge in [-0.1, -0.05) is 12.1 Å². The molecule has 1 atom stereocenters. The smallest absolute Gasteiger partial charge is 0.147 e. The summed E-state index contributed by atoms with van der Waals surface area (Å²) in [6, 6.07) is 8.52. The monoisotopic (exact) mass is 248 g/mol. The van der Waals surface area contributed by atoms with E-state index in [-0.39, 0.29) is 0 Å². The molecule has 0 radical (unpaired) electrons. The van der Waals surface area contributed by atoms with Gasteiger partial charge < -0.3 is 19.7 Å². The van der Waals surface area contributed by atoms with Crippen LogP contribution in [0.25, 0.3) is 0 Å². The molecule has 98 valence electrons. The van der Waals surface area contributed by atoms with Crippen LogP contribution < -0.4 is 10.2 Å². The van der Waals surface area contributed by atoms with Crippen LogP contribution in [0.5, 0.6) is 0 Å². The quantitative estimate of drug-likeness (QED) is 0.868. The highest BCUT2D eigenvalue weighted by Gasteiger charge is 2.21. The number of nitrogens with zero attached hydrogens (tertiary/aromatic N) is 1. The maximum absolute atomic E-state index is 5.65. The van der Waals surface area contributed by atoms with Gasteiger partial charge in [-0.25, -0.2) is 0 Å². The molecule has 3 rings (SSSR count). The fourth-order valence-corrected chi connectivity index (χ4v) is 2.59. The third kappa shape index (κ3) is 2.60. The van der Waals surface area contributed by atoms with Crippen LogP contribution in [0.4, 0.5) is 11.4 Å². The highest BCUT2D eigenvalue weighted by atomic mass is 16.7. The standard InChI is InChI=1S/C14H20N2O2/c1-2-5-14-13(4-1)15-7-3-8-16(14)10-12-6-9-17-11-18-12/h1-2,4-5,12,15H,3,6-11H2. The normalized spacial score (nSPS) is 24.0. The fraction of sp³-hybridized carbons (Fsp3) is 0.571. The van der Waals surface area contributed by atoms with Crippen LogP contribution >= 0.6 is 0 Å². The lowest BCUT2D eigenvalue weighted by Crippen LogP contribution is -2.37. The number of nitrogens with one attached hydrogen (secondary N) is 1. The van der Waals surface area contributed by atoms with E-state index in [1.54, 1.807) is 0 Å². The molecule has 0 aromatic heterocycles. The minimum atomic E-state index is 0.296. The lowest BCUT2D eigenvalue weighted by atomic mass is 10.2. The summed E-state index contributed by atoms with van der Waals surface area (Å²) in [7, 11) is 0. The van der Waals surface area contributed by atoms with Crippen molar-refractivity contribution in [2.75, 3.05) is 43.3 Å². The van der Waals surface area contributed by atoms with Crippen LogP contribution in [0.1, 0.15) is 12.8 Å². The molecule has 0 amide bonds. The molecule has 2 aliphatic rings. The first-order valence-corrected chi connectivity index (χ1v) is 6.71. The minimum Gasteiger partial charge on any atom is -0.383 e. The average Bonchev–Trinajstić information content (AvgIpc) is 2.63. The summed E-state index contributed by atoms with van der Waals surface area (Å²) in [5.74, 6) is 0. The molecule has 4 nitrogen and oxygen atoms in total. The fourth-order valence-electron chi connectivity index (χ4n) is 2.59. The molecule has 1 N–H and O–H groups in total. The molecule has 1 fully saturated rings. The van der Waals surface area contributed by atoms with Crippen LogP contribution in [-0.2, 0) is 9.47 Å². The summed E-state index contributed by atoms with van der Waals surface area (Å²) >= 11 is 0. The van der Waals surface area contributed by atoms with E-state index in [0.29, 0.717) is 12.9 Å². The maximum atomic E-state index is 5.65. The second-order valence-electron chi connectivity index (χ2n) is 4.85. The predicted octanol–water partition coefficient (Wildman–Crippen LogP) is 2.07. The molecule has 2 heterocycles. The molecule has 0 bridgehead atoms. The number of para-hydroxylation sites is 2. The number of benzene rings is 1. The number of fused-ring (bicyclic) bond motifs is 1. The van der Waals surface area contributed by atoms with E-state index in [1.165, 1.54) is 11.4 Å². The number of hydrogen-bond acceptors (Lipinski definition) is 4. The Morgan fingerprint density at radius 1 is 1.33 bits per heavy atom. The average molecular weight is 248 g/mol. The van der Waals surface area contributed by atoms with Gasteiger partial charge in [0.15, 0.2) is 0 Å². The van der Waals surface area contributed by atoms with Crippen molar-refractivity contribution >= 4 is 11.4 Å². The Kier molecular flexibility index (Phi) is 3.67. The summed E-state index contributed by atoms with van der Waals surface area (Å²) in [5.41, 5.74) is 2.53. The summed E-state index contributed by atoms with van der Waals surface area (Å²) in [6.45, 7) is 4.35. The predicted molar refractivity (Wildman–Crippen MR) is 72.1 cm³/mol. The zero-order valence-electron chi connectivity index (χ0n) is 10.6. The first-order valence-electron chi connectivity index (χ1n) is 6.71. The summed E-state index contributed by atoms with van der Waals surface area (Å²) in [4.78, 5) is 2.44. The molecule has 2 aliphatic heterocycles. The van der Waals surface area contributed by atoms with Gasteiger partial charge in [-0.05, 0) is 25.0 Å². The van der Waals surface area contributed by atoms with Crippen LogP contribution in [0, 0.1) is 0 Å². The second-order valence-corrected chi connectivity index (χ2v) is 4.85. The number of anilines is 2. The molecule has 0 aliphatic carbocycles. The van der Waals surface area contributed by atoms with E-state index in [9.17, 15) is 0 Å². The van der Waals surface area contributed by atoms with Crippen molar-refractivity contribution in [3.63, 3.8) is 0 Å². The lowest BCUT2D eigenvalue weighted by molar-refractivity contribution is -0.135. The molecule has 0 spiro atoms. The molecule has 1 aromatic rings. The van der Waals surface area contributed by atoms with Crippen molar-refractivity contribution in [3.05, 3.63) is 24.3 Å². The van der Waals surface area contributed by atoms with Gasteiger partial charge in [-0.3, -0.25) is 0 Å². The van der Waals surface area contributed by atoms with Crippen molar-refractivity contribution in [2.45, 2.75) is 18.9 Å². The van der Waals surface area contributed by atoms with Crippen molar-refractivity contribution in [1.29, 1.82) is 0 Å². The Morgan fingerprint density at radius 3 is 3.17 bits per heavy atom. The van der Waals surface area contributed by atoms with Gasteiger partial charge in [0.2, 0.25) is 0 Å². The molecular formula is C14H20N2O2. The Morgan fingerprint density at radius 2 is 2.28 bits per heavy atom. The van der Waals surface area contributed by atoms with E-state index in [4.69, 9.17) is 9.47 Å². The van der Waals surface area contributed by atoms with Crippen molar-refractivity contribution in [2.24, 2.45) is 0 Å². The van der Waals surface area contributed by atoms with Crippen molar-refractivity contribution in [3.8, 4) is 0 Å². The van der Waals surface area contributed by atoms with Gasteiger partial charge in [0, 0.05) is 19.6 Å². The van der Waals surface area contributed by atoms with Crippen LogP contribution in [0.15, 0.2) is 24.3 Å². The summed E-state index contributed by atoms with van der Waals surface area (Å²) < 4.78 is 10.9. The van der Waals surface area contributed by atoms with E-state index in [0.717, 1.165) is 39.1 Å². The van der Waals surface area contributed by atoms with E-state index in [2.05, 4.69) is 34.5 Å². The first-order chi connectivity index (χ1) is 8.93. The number of hydrogen-bond donors (Lipinski definition) is 1. The van der Waals surface area contributed by atoms with Crippen LogP contribution in [-0.4, -0.2) is 39.1 Å². The molecule has 1 saturated heterocycles. The second kappa shape index (κ2) is 5.59. The Labute approximate surface area is 108 Å². The number of ether oxygens (including phenoxy) is 2. The van der Waals surface area contributed by atoms with Gasteiger partial charge in [-0.15, -0.1) is 0 Å². The topological polar surface area (TPSA) is 33.7 Å². The molecular weight excluding hydrogens is 228 g/mol. The Hall–Kier alpha value is -1.26. The molecule has 18 heavy (non-hydrogen) atoms. The van der Waals surface area contributed by atoms with Crippen molar-refractivity contribution < 1.29 is 9.47 Å². The van der Waals surface area contributed by atoms with Gasteiger partial charge >= 0.3 is 0 Å². The highest BCUT2D eigenvalue weighted by Crippen LogP contribution is 2.28. The third-order valence-corrected chi connectivity index (χ3v) is 3.56. The zero-order valence-corrected chi connectivity index (χ0v) is 10.6. The van der Waals surface area contributed by atoms with Gasteiger partial charge in [0.1, 0.15) is 6.79 Å². The minimum absolute atomic E-state index is 0.296. The molecule has 1 unspecified atom stereocenters. The Bertz CT molecular complexity index is 391. The van der Waals surface area contributed by atoms with Gasteiger partial charge in [-0.2, -0.15) is 0 Å². The molecule has 4 heteroatoms. The third-order valence-electron chi connectivity index (χ3n) is 3.56. The zero-order chi connectivity index (χ0) is 12.2. The van der Waals surface area contributed by atoms with Crippen molar-refractivity contribution in [1.82, 2.24) is 0 Å². The molecule has 1 aromatic carbocycles. The van der Waals surface area contributed by atoms with Gasteiger partial charge in [0.05, 0.1) is 24.1 Å². The summed E-state index contributed by atoms with van der Waals surface area (Å²) in [5, 5.41) is 3.49. The maximum Gasteiger partial charge on any atom is 0.147 e. The largest absolute Gasteiger partial charge is 0.383 e. The number of rotatable bonds is 2. The first kappa shape index (κ1) is 11.8. The Balaban J connectivity index is 1.74. The highest BCUT2D eigenvalue weighted by molar-refractivity contribution is 5.70. The van der Waals surface area contributed by atoms with Crippen LogP contribution in [0.3, 0.4) is 0 Å². The SMILES string of the molecule is c1ccc2c(c1)NCCCN2CC1CCOCO1. The van der Waals surface area contributed by atoms with Crippen LogP contribution in [0.2, 0.25) is 0 Å². The van der Waals surface area contributed by atoms with E-state index >= 15 is 0 Å². The van der Waals surface area contributed by atoms with E-state index in [1.807, 2.05) is 0 Å².